The second kappa shape index (κ2) is 12.6. The van der Waals surface area contributed by atoms with Crippen LogP contribution in [0.3, 0.4) is 0 Å². The van der Waals surface area contributed by atoms with Crippen molar-refractivity contribution in [2.75, 3.05) is 19.0 Å². The van der Waals surface area contributed by atoms with Crippen LogP contribution in [0.1, 0.15) is 76.2 Å². The Labute approximate surface area is 225 Å². The van der Waals surface area contributed by atoms with Crippen molar-refractivity contribution in [1.82, 2.24) is 0 Å². The van der Waals surface area contributed by atoms with Crippen molar-refractivity contribution < 1.29 is 19.1 Å². The summed E-state index contributed by atoms with van der Waals surface area (Å²) in [7, 11) is 1.55. The van der Waals surface area contributed by atoms with Crippen molar-refractivity contribution in [1.29, 1.82) is 0 Å². The number of aryl methyl sites for hydroxylation is 3. The SMILES string of the molecule is COc1cc(/C=C/C(=O)c2ccc(C3CCCCC3)cc2)ccc1OCC(=O)Nc1c(C)cc(C)cc1C. The Hall–Kier alpha value is -3.86. The van der Waals surface area contributed by atoms with Crippen LogP contribution in [-0.2, 0) is 4.79 Å². The number of amides is 1. The number of anilines is 1. The van der Waals surface area contributed by atoms with Gasteiger partial charge in [-0.05, 0) is 80.0 Å². The molecular formula is C33H37NO4. The molecule has 0 heterocycles. The normalized spacial score (nSPS) is 13.9. The number of carbonyl (C=O) groups is 2. The number of ketones is 1. The Balaban J connectivity index is 1.35. The van der Waals surface area contributed by atoms with Gasteiger partial charge in [0.2, 0.25) is 0 Å². The van der Waals surface area contributed by atoms with E-state index in [-0.39, 0.29) is 18.3 Å². The fraction of sp³-hybridized carbons (Fsp3) is 0.333. The molecule has 5 heteroatoms. The molecular weight excluding hydrogens is 474 g/mol. The molecule has 1 aliphatic rings. The van der Waals surface area contributed by atoms with Crippen LogP contribution in [0.5, 0.6) is 11.5 Å². The fourth-order valence-electron chi connectivity index (χ4n) is 5.23. The van der Waals surface area contributed by atoms with Crippen LogP contribution in [0.2, 0.25) is 0 Å². The Bertz CT molecular complexity index is 1290. The first kappa shape index (κ1) is 27.2. The number of carbonyl (C=O) groups excluding carboxylic acids is 2. The Morgan fingerprint density at radius 3 is 2.24 bits per heavy atom. The lowest BCUT2D eigenvalue weighted by atomic mass is 9.84. The van der Waals surface area contributed by atoms with Gasteiger partial charge in [0.25, 0.3) is 5.91 Å². The molecule has 0 aromatic heterocycles. The third-order valence-corrected chi connectivity index (χ3v) is 7.19. The first-order valence-electron chi connectivity index (χ1n) is 13.3. The van der Waals surface area contributed by atoms with E-state index in [4.69, 9.17) is 9.47 Å². The fourth-order valence-corrected chi connectivity index (χ4v) is 5.23. The van der Waals surface area contributed by atoms with Crippen molar-refractivity contribution in [2.24, 2.45) is 0 Å². The van der Waals surface area contributed by atoms with Gasteiger partial charge in [-0.15, -0.1) is 0 Å². The molecule has 5 nitrogen and oxygen atoms in total. The zero-order valence-electron chi connectivity index (χ0n) is 22.8. The number of hydrogen-bond donors (Lipinski definition) is 1. The summed E-state index contributed by atoms with van der Waals surface area (Å²) in [5.41, 5.74) is 6.81. The van der Waals surface area contributed by atoms with Gasteiger partial charge in [-0.25, -0.2) is 0 Å². The monoisotopic (exact) mass is 511 g/mol. The van der Waals surface area contributed by atoms with E-state index in [2.05, 4.69) is 17.4 Å². The highest BCUT2D eigenvalue weighted by atomic mass is 16.5. The third-order valence-electron chi connectivity index (χ3n) is 7.19. The molecule has 3 aromatic rings. The summed E-state index contributed by atoms with van der Waals surface area (Å²) < 4.78 is 11.2. The average molecular weight is 512 g/mol. The maximum atomic E-state index is 12.7. The predicted octanol–water partition coefficient (Wildman–Crippen LogP) is 7.58. The molecule has 1 fully saturated rings. The molecule has 1 N–H and O–H groups in total. The zero-order chi connectivity index (χ0) is 27.1. The minimum atomic E-state index is -0.244. The van der Waals surface area contributed by atoms with Crippen LogP contribution < -0.4 is 14.8 Å². The summed E-state index contributed by atoms with van der Waals surface area (Å²) in [4.78, 5) is 25.3. The highest BCUT2D eigenvalue weighted by molar-refractivity contribution is 6.06. The van der Waals surface area contributed by atoms with E-state index in [1.807, 2.05) is 51.1 Å². The number of ether oxygens (including phenoxy) is 2. The summed E-state index contributed by atoms with van der Waals surface area (Å²) >= 11 is 0. The van der Waals surface area contributed by atoms with Gasteiger partial charge < -0.3 is 14.8 Å². The summed E-state index contributed by atoms with van der Waals surface area (Å²) in [6.07, 6.45) is 9.74. The maximum absolute atomic E-state index is 12.7. The van der Waals surface area contributed by atoms with Gasteiger partial charge in [0.1, 0.15) is 0 Å². The third kappa shape index (κ3) is 6.91. The minimum Gasteiger partial charge on any atom is -0.493 e. The number of hydrogen-bond acceptors (Lipinski definition) is 4. The van der Waals surface area contributed by atoms with Crippen molar-refractivity contribution in [3.8, 4) is 11.5 Å². The molecule has 38 heavy (non-hydrogen) atoms. The molecule has 0 aliphatic heterocycles. The second-order valence-electron chi connectivity index (χ2n) is 10.2. The van der Waals surface area contributed by atoms with E-state index < -0.39 is 0 Å². The smallest absolute Gasteiger partial charge is 0.262 e. The van der Waals surface area contributed by atoms with E-state index in [0.29, 0.717) is 23.0 Å². The summed E-state index contributed by atoms with van der Waals surface area (Å²) in [6.45, 7) is 5.84. The Morgan fingerprint density at radius 2 is 1.58 bits per heavy atom. The lowest BCUT2D eigenvalue weighted by Gasteiger charge is -2.21. The van der Waals surface area contributed by atoms with Crippen molar-refractivity contribution in [2.45, 2.75) is 58.8 Å². The molecule has 4 rings (SSSR count). The van der Waals surface area contributed by atoms with Crippen LogP contribution >= 0.6 is 0 Å². The minimum absolute atomic E-state index is 0.0437. The summed E-state index contributed by atoms with van der Waals surface area (Å²) in [5, 5.41) is 2.94. The number of allylic oxidation sites excluding steroid dienone is 1. The van der Waals surface area contributed by atoms with Crippen molar-refractivity contribution in [3.05, 3.63) is 94.1 Å². The van der Waals surface area contributed by atoms with Gasteiger partial charge in [-0.1, -0.05) is 73.4 Å². The molecule has 3 aromatic carbocycles. The topological polar surface area (TPSA) is 64.6 Å². The highest BCUT2D eigenvalue weighted by Gasteiger charge is 2.16. The molecule has 0 spiro atoms. The van der Waals surface area contributed by atoms with Gasteiger partial charge in [0, 0.05) is 11.3 Å². The van der Waals surface area contributed by atoms with Crippen LogP contribution in [0.4, 0.5) is 5.69 Å². The Morgan fingerprint density at radius 1 is 0.895 bits per heavy atom. The molecule has 0 saturated heterocycles. The van der Waals surface area contributed by atoms with E-state index in [0.717, 1.165) is 27.9 Å². The van der Waals surface area contributed by atoms with E-state index in [9.17, 15) is 9.59 Å². The lowest BCUT2D eigenvalue weighted by molar-refractivity contribution is -0.118. The van der Waals surface area contributed by atoms with Gasteiger partial charge in [-0.3, -0.25) is 9.59 Å². The molecule has 1 saturated carbocycles. The number of nitrogens with one attached hydrogen (secondary N) is 1. The maximum Gasteiger partial charge on any atom is 0.262 e. The van der Waals surface area contributed by atoms with Gasteiger partial charge in [0.05, 0.1) is 7.11 Å². The van der Waals surface area contributed by atoms with E-state index >= 15 is 0 Å². The standard InChI is InChI=1S/C33H37NO4/c1-22-18-23(2)33(24(3)19-22)34-32(36)21-38-30-17-11-25(20-31(30)37-4)10-16-29(35)28-14-12-27(13-15-28)26-8-6-5-7-9-26/h10-20,26H,5-9,21H2,1-4H3,(H,34,36)/b16-10+. The molecule has 0 unspecified atom stereocenters. The van der Waals surface area contributed by atoms with Crippen LogP contribution in [0.15, 0.2) is 60.7 Å². The van der Waals surface area contributed by atoms with E-state index in [1.54, 1.807) is 31.4 Å². The first-order chi connectivity index (χ1) is 18.3. The number of rotatable bonds is 9. The predicted molar refractivity (Wildman–Crippen MR) is 153 cm³/mol. The van der Waals surface area contributed by atoms with Crippen molar-refractivity contribution in [3.63, 3.8) is 0 Å². The van der Waals surface area contributed by atoms with Gasteiger partial charge in [0.15, 0.2) is 23.9 Å². The van der Waals surface area contributed by atoms with Crippen molar-refractivity contribution >= 4 is 23.5 Å². The van der Waals surface area contributed by atoms with Crippen LogP contribution in [0, 0.1) is 20.8 Å². The zero-order valence-corrected chi connectivity index (χ0v) is 22.8. The van der Waals surface area contributed by atoms with E-state index in [1.165, 1.54) is 37.7 Å². The van der Waals surface area contributed by atoms with Gasteiger partial charge in [-0.2, -0.15) is 0 Å². The summed E-state index contributed by atoms with van der Waals surface area (Å²) in [5.74, 6) is 1.29. The van der Waals surface area contributed by atoms with Crippen LogP contribution in [0.25, 0.3) is 6.08 Å². The largest absolute Gasteiger partial charge is 0.493 e. The molecule has 1 aliphatic carbocycles. The number of methoxy groups -OCH3 is 1. The first-order valence-corrected chi connectivity index (χ1v) is 13.3. The molecule has 198 valence electrons. The lowest BCUT2D eigenvalue weighted by Crippen LogP contribution is -2.21. The molecule has 0 radical (unpaired) electrons. The highest BCUT2D eigenvalue weighted by Crippen LogP contribution is 2.33. The Kier molecular flexibility index (Phi) is 9.01. The van der Waals surface area contributed by atoms with Crippen LogP contribution in [-0.4, -0.2) is 25.4 Å². The second-order valence-corrected chi connectivity index (χ2v) is 10.2. The molecule has 0 bridgehead atoms. The summed E-state index contributed by atoms with van der Waals surface area (Å²) in [6, 6.07) is 17.5. The number of benzene rings is 3. The quantitative estimate of drug-likeness (QED) is 0.238. The average Bonchev–Trinajstić information content (AvgIpc) is 2.93. The van der Waals surface area contributed by atoms with Gasteiger partial charge >= 0.3 is 0 Å². The molecule has 0 atom stereocenters. The molecule has 1 amide bonds.